The molecule has 1 nitrogen and oxygen atoms in total. The number of ketones is 1. The third-order valence-corrected chi connectivity index (χ3v) is 5.86. The number of Topliss-reactive ketones (excluding diaryl/α,β-unsaturated/α-hetero) is 1. The van der Waals surface area contributed by atoms with E-state index in [1.54, 1.807) is 0 Å². The molecule has 0 fully saturated rings. The molecule has 0 saturated heterocycles. The minimum Gasteiger partial charge on any atom is -0.293 e. The topological polar surface area (TPSA) is 17.1 Å². The van der Waals surface area contributed by atoms with Gasteiger partial charge in [0.25, 0.3) is 0 Å². The van der Waals surface area contributed by atoms with E-state index in [1.165, 1.54) is 22.3 Å². The summed E-state index contributed by atoms with van der Waals surface area (Å²) in [5.41, 5.74) is 5.38. The molecule has 2 atom stereocenters. The average Bonchev–Trinajstić information content (AvgIpc) is 2.79. The van der Waals surface area contributed by atoms with Gasteiger partial charge in [-0.15, -0.1) is 0 Å². The van der Waals surface area contributed by atoms with Crippen LogP contribution in [0.2, 0.25) is 0 Å². The van der Waals surface area contributed by atoms with Crippen LogP contribution in [-0.4, -0.2) is 5.78 Å². The lowest BCUT2D eigenvalue weighted by Gasteiger charge is -2.37. The molecule has 1 aliphatic rings. The summed E-state index contributed by atoms with van der Waals surface area (Å²) >= 11 is 0. The van der Waals surface area contributed by atoms with Crippen molar-refractivity contribution in [1.29, 1.82) is 0 Å². The lowest BCUT2D eigenvalue weighted by atomic mass is 9.65. The predicted octanol–water partition coefficient (Wildman–Crippen LogP) is 7.34. The van der Waals surface area contributed by atoms with Gasteiger partial charge < -0.3 is 0 Å². The second kappa shape index (κ2) is 8.28. The Labute approximate surface area is 179 Å². The first-order valence-corrected chi connectivity index (χ1v) is 10.6. The molecule has 150 valence electrons. The third-order valence-electron chi connectivity index (χ3n) is 5.86. The zero-order valence-corrected chi connectivity index (χ0v) is 17.9. The fraction of sp³-hybridized carbons (Fsp3) is 0.207. The maximum Gasteiger partial charge on any atom is 0.170 e. The minimum atomic E-state index is -0.220. The minimum absolute atomic E-state index is 0.00617. The van der Waals surface area contributed by atoms with Gasteiger partial charge in [-0.2, -0.15) is 0 Å². The Bertz CT molecular complexity index is 1070. The fourth-order valence-corrected chi connectivity index (χ4v) is 4.33. The highest BCUT2D eigenvalue weighted by Crippen LogP contribution is 2.47. The zero-order valence-electron chi connectivity index (χ0n) is 17.9. The van der Waals surface area contributed by atoms with Crippen LogP contribution in [0, 0.1) is 11.3 Å². The standard InChI is InChI=1S/C29H28O/c1-29(2,3)26-20-24(21-13-7-4-8-14-21)19-25(22-15-9-5-10-16-22)27(26)28(30)23-17-11-6-12-18-23/h4-20,25,27H,1-3H3. The number of benzene rings is 3. The van der Waals surface area contributed by atoms with Crippen LogP contribution in [-0.2, 0) is 0 Å². The maximum atomic E-state index is 13.8. The maximum absolute atomic E-state index is 13.8. The molecule has 3 aromatic carbocycles. The molecule has 2 unspecified atom stereocenters. The van der Waals surface area contributed by atoms with E-state index in [4.69, 9.17) is 0 Å². The Balaban J connectivity index is 1.90. The van der Waals surface area contributed by atoms with E-state index in [0.29, 0.717) is 0 Å². The van der Waals surface area contributed by atoms with E-state index in [9.17, 15) is 4.79 Å². The largest absolute Gasteiger partial charge is 0.293 e. The van der Waals surface area contributed by atoms with Crippen molar-refractivity contribution in [3.8, 4) is 0 Å². The first-order chi connectivity index (χ1) is 14.4. The number of carbonyl (C=O) groups is 1. The molecule has 1 heteroatoms. The quantitative estimate of drug-likeness (QED) is 0.425. The molecule has 30 heavy (non-hydrogen) atoms. The van der Waals surface area contributed by atoms with Crippen LogP contribution in [0.5, 0.6) is 0 Å². The highest BCUT2D eigenvalue weighted by molar-refractivity contribution is 6.01. The lowest BCUT2D eigenvalue weighted by molar-refractivity contribution is 0.0918. The molecule has 0 heterocycles. The first kappa shape index (κ1) is 20.1. The summed E-state index contributed by atoms with van der Waals surface area (Å²) in [5.74, 6) is -0.0374. The van der Waals surface area contributed by atoms with Gasteiger partial charge in [0.2, 0.25) is 0 Å². The van der Waals surface area contributed by atoms with E-state index in [-0.39, 0.29) is 23.0 Å². The predicted molar refractivity (Wildman–Crippen MR) is 125 cm³/mol. The van der Waals surface area contributed by atoms with E-state index in [0.717, 1.165) is 5.56 Å². The molecule has 0 aliphatic heterocycles. The van der Waals surface area contributed by atoms with Crippen molar-refractivity contribution in [2.24, 2.45) is 11.3 Å². The van der Waals surface area contributed by atoms with Crippen molar-refractivity contribution >= 4 is 11.4 Å². The SMILES string of the molecule is CC(C)(C)C1=CC(c2ccccc2)=CC(c2ccccc2)C1C(=O)c1ccccc1. The summed E-state index contributed by atoms with van der Waals surface area (Å²) in [6.45, 7) is 6.63. The van der Waals surface area contributed by atoms with Gasteiger partial charge in [-0.1, -0.05) is 129 Å². The summed E-state index contributed by atoms with van der Waals surface area (Å²) < 4.78 is 0. The molecule has 0 N–H and O–H groups in total. The van der Waals surface area contributed by atoms with Crippen LogP contribution in [0.4, 0.5) is 0 Å². The third kappa shape index (κ3) is 4.07. The molecule has 0 aromatic heterocycles. The number of hydrogen-bond donors (Lipinski definition) is 0. The highest BCUT2D eigenvalue weighted by Gasteiger charge is 2.39. The van der Waals surface area contributed by atoms with Crippen molar-refractivity contribution in [2.75, 3.05) is 0 Å². The fourth-order valence-electron chi connectivity index (χ4n) is 4.33. The second-order valence-corrected chi connectivity index (χ2v) is 8.98. The van der Waals surface area contributed by atoms with E-state index < -0.39 is 0 Å². The molecular formula is C29H28O. The smallest absolute Gasteiger partial charge is 0.170 e. The number of carbonyl (C=O) groups excluding carboxylic acids is 1. The Morgan fingerprint density at radius 2 is 1.27 bits per heavy atom. The number of rotatable bonds is 4. The summed E-state index contributed by atoms with van der Waals surface area (Å²) in [5, 5.41) is 0. The Kier molecular flexibility index (Phi) is 5.55. The van der Waals surface area contributed by atoms with Crippen LogP contribution in [0.3, 0.4) is 0 Å². The number of allylic oxidation sites excluding steroid dienone is 4. The van der Waals surface area contributed by atoms with Gasteiger partial charge in [-0.05, 0) is 22.1 Å². The Morgan fingerprint density at radius 1 is 0.733 bits per heavy atom. The molecule has 3 aromatic rings. The first-order valence-electron chi connectivity index (χ1n) is 10.6. The normalized spacial score (nSPS) is 19.0. The van der Waals surface area contributed by atoms with Crippen molar-refractivity contribution in [3.05, 3.63) is 125 Å². The van der Waals surface area contributed by atoms with Gasteiger partial charge in [0.05, 0.1) is 5.92 Å². The average molecular weight is 393 g/mol. The van der Waals surface area contributed by atoms with Crippen LogP contribution in [0.1, 0.15) is 48.2 Å². The van der Waals surface area contributed by atoms with E-state index in [1.807, 2.05) is 42.5 Å². The lowest BCUT2D eigenvalue weighted by Crippen LogP contribution is -2.31. The van der Waals surface area contributed by atoms with Crippen LogP contribution in [0.25, 0.3) is 5.57 Å². The Hall–Kier alpha value is -3.19. The van der Waals surface area contributed by atoms with Gasteiger partial charge in [-0.25, -0.2) is 0 Å². The summed E-state index contributed by atoms with van der Waals surface area (Å²) in [6.07, 6.45) is 4.53. The van der Waals surface area contributed by atoms with E-state index in [2.05, 4.69) is 81.5 Å². The van der Waals surface area contributed by atoms with Crippen molar-refractivity contribution in [3.63, 3.8) is 0 Å². The molecule has 0 spiro atoms. The molecule has 0 radical (unpaired) electrons. The molecule has 0 bridgehead atoms. The molecule has 0 saturated carbocycles. The highest BCUT2D eigenvalue weighted by atomic mass is 16.1. The van der Waals surface area contributed by atoms with Crippen LogP contribution in [0.15, 0.2) is 109 Å². The van der Waals surface area contributed by atoms with Crippen molar-refractivity contribution in [2.45, 2.75) is 26.7 Å². The second-order valence-electron chi connectivity index (χ2n) is 8.98. The molecular weight excluding hydrogens is 364 g/mol. The zero-order chi connectivity index (χ0) is 21.1. The van der Waals surface area contributed by atoms with Crippen LogP contribution >= 0.6 is 0 Å². The van der Waals surface area contributed by atoms with E-state index >= 15 is 0 Å². The van der Waals surface area contributed by atoms with Gasteiger partial charge >= 0.3 is 0 Å². The summed E-state index contributed by atoms with van der Waals surface area (Å²) in [6, 6.07) is 30.6. The summed E-state index contributed by atoms with van der Waals surface area (Å²) in [4.78, 5) is 13.8. The molecule has 1 aliphatic carbocycles. The molecule has 4 rings (SSSR count). The molecule has 0 amide bonds. The van der Waals surface area contributed by atoms with Gasteiger partial charge in [0.15, 0.2) is 5.78 Å². The van der Waals surface area contributed by atoms with Crippen molar-refractivity contribution < 1.29 is 4.79 Å². The summed E-state index contributed by atoms with van der Waals surface area (Å²) in [7, 11) is 0. The van der Waals surface area contributed by atoms with Gasteiger partial charge in [0, 0.05) is 11.5 Å². The monoisotopic (exact) mass is 392 g/mol. The van der Waals surface area contributed by atoms with Gasteiger partial charge in [0.1, 0.15) is 0 Å². The van der Waals surface area contributed by atoms with Gasteiger partial charge in [-0.3, -0.25) is 4.79 Å². The Morgan fingerprint density at radius 3 is 1.83 bits per heavy atom. The number of hydrogen-bond acceptors (Lipinski definition) is 1. The van der Waals surface area contributed by atoms with Crippen molar-refractivity contribution in [1.82, 2.24) is 0 Å². The van der Waals surface area contributed by atoms with Crippen LogP contribution < -0.4 is 0 Å².